The molecule has 0 radical (unpaired) electrons. The number of ether oxygens (including phenoxy) is 2. The number of halogens is 1. The molecule has 4 atom stereocenters. The quantitative estimate of drug-likeness (QED) is 0.228. The first kappa shape index (κ1) is 30.8. The standard InChI is InChI=1S/C33H39FN6O5S/c1-14-12-19(35-31(41)45-33(4,5)6)15(2)22(21(14)17-8-9-17)25-24(34)26-23-28(38-30(37-26)46-7)39-13-18-10-11-20(40(18)32(42)43)27(39)16(3)44-29(23)36-25/h12,16-18,20,27H,8-11,13H2,1-7H3,(H,35,41)(H,42,43). The normalized spacial score (nSPS) is 23.6. The van der Waals surface area contributed by atoms with Gasteiger partial charge in [0.25, 0.3) is 0 Å². The first-order valence-electron chi connectivity index (χ1n) is 15.8. The van der Waals surface area contributed by atoms with Crippen LogP contribution >= 0.6 is 11.8 Å². The van der Waals surface area contributed by atoms with E-state index in [2.05, 4.69) is 15.2 Å². The Kier molecular flexibility index (Phi) is 7.26. The molecular weight excluding hydrogens is 611 g/mol. The van der Waals surface area contributed by atoms with Crippen LogP contribution in [0.1, 0.15) is 76.0 Å². The molecule has 3 fully saturated rings. The Balaban J connectivity index is 1.43. The molecule has 1 aliphatic carbocycles. The number of carboxylic acid groups (broad SMARTS) is 1. The minimum absolute atomic E-state index is 0.107. The molecule has 3 aliphatic heterocycles. The Labute approximate surface area is 271 Å². The van der Waals surface area contributed by atoms with Crippen LogP contribution in [0.4, 0.5) is 25.5 Å². The Morgan fingerprint density at radius 3 is 2.54 bits per heavy atom. The molecule has 4 unspecified atom stereocenters. The van der Waals surface area contributed by atoms with Crippen LogP contribution in [0.2, 0.25) is 0 Å². The lowest BCUT2D eigenvalue weighted by atomic mass is 9.89. The van der Waals surface area contributed by atoms with Gasteiger partial charge in [0.05, 0.1) is 18.1 Å². The number of carbonyl (C=O) groups excluding carboxylic acids is 1. The minimum atomic E-state index is -0.941. The SMILES string of the molecule is CSc1nc2c3c(nc(-c4c(C)c(NC(=O)OC(C)(C)C)cc(C)c4C4CC4)c(F)c3n1)OC(C)C1C3CCC(CN21)N3C(=O)O. The summed E-state index contributed by atoms with van der Waals surface area (Å²) in [6, 6.07) is 1.08. The van der Waals surface area contributed by atoms with Gasteiger partial charge in [-0.05, 0) is 102 Å². The smallest absolute Gasteiger partial charge is 0.412 e. The van der Waals surface area contributed by atoms with Crippen molar-refractivity contribution in [1.82, 2.24) is 19.9 Å². The van der Waals surface area contributed by atoms with Gasteiger partial charge < -0.3 is 19.5 Å². The van der Waals surface area contributed by atoms with Crippen LogP contribution in [0.3, 0.4) is 0 Å². The molecule has 0 spiro atoms. The number of hydrogen-bond acceptors (Lipinski definition) is 9. The number of rotatable bonds is 4. The van der Waals surface area contributed by atoms with Crippen LogP contribution in [-0.4, -0.2) is 79.8 Å². The number of aryl methyl sites for hydroxylation is 1. The molecule has 2 amide bonds. The molecule has 5 heterocycles. The summed E-state index contributed by atoms with van der Waals surface area (Å²) in [5, 5.41) is 13.7. The zero-order valence-corrected chi connectivity index (χ0v) is 27.9. The molecule has 2 saturated heterocycles. The molecule has 2 bridgehead atoms. The maximum Gasteiger partial charge on any atom is 0.412 e. The zero-order chi connectivity index (χ0) is 32.8. The predicted molar refractivity (Wildman–Crippen MR) is 174 cm³/mol. The van der Waals surface area contributed by atoms with Crippen molar-refractivity contribution in [3.05, 3.63) is 28.6 Å². The number of aromatic nitrogens is 3. The highest BCUT2D eigenvalue weighted by atomic mass is 32.2. The lowest BCUT2D eigenvalue weighted by Gasteiger charge is -2.47. The summed E-state index contributed by atoms with van der Waals surface area (Å²) < 4.78 is 29.3. The first-order valence-corrected chi connectivity index (χ1v) is 17.0. The fraction of sp³-hybridized carbons (Fsp3) is 0.545. The van der Waals surface area contributed by atoms with Crippen LogP contribution in [-0.2, 0) is 4.74 Å². The molecule has 13 heteroatoms. The van der Waals surface area contributed by atoms with E-state index in [1.165, 1.54) is 11.8 Å². The number of piperazine rings is 1. The topological polar surface area (TPSA) is 130 Å². The van der Waals surface area contributed by atoms with Gasteiger partial charge in [-0.1, -0.05) is 11.8 Å². The predicted octanol–water partition coefficient (Wildman–Crippen LogP) is 6.87. The molecule has 2 aromatic heterocycles. The number of nitrogens with zero attached hydrogens (tertiary/aromatic N) is 5. The highest BCUT2D eigenvalue weighted by molar-refractivity contribution is 7.98. The molecule has 4 aliphatic rings. The second-order valence-electron chi connectivity index (χ2n) is 13.8. The van der Waals surface area contributed by atoms with Gasteiger partial charge in [-0.3, -0.25) is 10.2 Å². The van der Waals surface area contributed by atoms with Crippen molar-refractivity contribution in [3.8, 4) is 17.1 Å². The number of hydrogen-bond donors (Lipinski definition) is 2. The maximum atomic E-state index is 17.1. The van der Waals surface area contributed by atoms with Crippen LogP contribution in [0.25, 0.3) is 22.2 Å². The fourth-order valence-electron chi connectivity index (χ4n) is 7.66. The van der Waals surface area contributed by atoms with Crippen LogP contribution in [0.5, 0.6) is 5.88 Å². The van der Waals surface area contributed by atoms with Crippen molar-refractivity contribution < 1.29 is 28.6 Å². The third kappa shape index (κ3) is 4.98. The summed E-state index contributed by atoms with van der Waals surface area (Å²) in [4.78, 5) is 43.2. The number of fused-ring (bicyclic) bond motifs is 5. The minimum Gasteiger partial charge on any atom is -0.472 e. The average molecular weight is 651 g/mol. The van der Waals surface area contributed by atoms with Gasteiger partial charge in [-0.15, -0.1) is 0 Å². The lowest BCUT2D eigenvalue weighted by Crippen LogP contribution is -2.64. The third-order valence-corrected chi connectivity index (χ3v) is 10.1. The van der Waals surface area contributed by atoms with Crippen molar-refractivity contribution in [2.45, 2.75) is 108 Å². The summed E-state index contributed by atoms with van der Waals surface area (Å²) in [5.74, 6) is 0.403. The highest BCUT2D eigenvalue weighted by Crippen LogP contribution is 2.51. The summed E-state index contributed by atoms with van der Waals surface area (Å²) in [6.45, 7) is 11.6. The van der Waals surface area contributed by atoms with Gasteiger partial charge in [0.2, 0.25) is 5.88 Å². The molecule has 2 N–H and O–H groups in total. The summed E-state index contributed by atoms with van der Waals surface area (Å²) in [7, 11) is 0. The highest BCUT2D eigenvalue weighted by Gasteiger charge is 2.53. The summed E-state index contributed by atoms with van der Waals surface area (Å²) in [6.07, 6.45) is 3.24. The van der Waals surface area contributed by atoms with Gasteiger partial charge in [0, 0.05) is 17.8 Å². The van der Waals surface area contributed by atoms with Gasteiger partial charge in [-0.2, -0.15) is 0 Å². The van der Waals surface area contributed by atoms with Gasteiger partial charge >= 0.3 is 12.2 Å². The average Bonchev–Trinajstić information content (AvgIpc) is 3.77. The Bertz CT molecular complexity index is 1790. The Morgan fingerprint density at radius 1 is 1.15 bits per heavy atom. The first-order chi connectivity index (χ1) is 21.8. The largest absolute Gasteiger partial charge is 0.472 e. The number of thioether (sulfide) groups is 1. The molecule has 3 aromatic rings. The van der Waals surface area contributed by atoms with Crippen LogP contribution < -0.4 is 15.0 Å². The lowest BCUT2D eigenvalue weighted by molar-refractivity contribution is 0.0634. The fourth-order valence-corrected chi connectivity index (χ4v) is 8.02. The van der Waals surface area contributed by atoms with Crippen molar-refractivity contribution in [1.29, 1.82) is 0 Å². The van der Waals surface area contributed by atoms with Crippen molar-refractivity contribution in [3.63, 3.8) is 0 Å². The number of carbonyl (C=O) groups is 2. The maximum absolute atomic E-state index is 17.1. The second kappa shape index (κ2) is 10.9. The zero-order valence-electron chi connectivity index (χ0n) is 27.1. The molecule has 7 rings (SSSR count). The summed E-state index contributed by atoms with van der Waals surface area (Å²) >= 11 is 1.32. The molecule has 11 nitrogen and oxygen atoms in total. The molecule has 46 heavy (non-hydrogen) atoms. The van der Waals surface area contributed by atoms with E-state index in [-0.39, 0.29) is 41.1 Å². The molecule has 244 valence electrons. The van der Waals surface area contributed by atoms with Crippen molar-refractivity contribution in [2.75, 3.05) is 23.0 Å². The number of anilines is 2. The number of amides is 2. The van der Waals surface area contributed by atoms with E-state index < -0.39 is 29.7 Å². The van der Waals surface area contributed by atoms with E-state index in [0.717, 1.165) is 30.4 Å². The molecule has 1 aromatic carbocycles. The van der Waals surface area contributed by atoms with E-state index in [0.29, 0.717) is 46.1 Å². The number of benzene rings is 1. The van der Waals surface area contributed by atoms with Gasteiger partial charge in [-0.25, -0.2) is 28.9 Å². The number of pyridine rings is 1. The third-order valence-electron chi connectivity index (χ3n) is 9.57. The van der Waals surface area contributed by atoms with E-state index >= 15 is 4.39 Å². The Hall–Kier alpha value is -3.87. The van der Waals surface area contributed by atoms with Crippen molar-refractivity contribution >= 4 is 46.4 Å². The van der Waals surface area contributed by atoms with E-state index in [4.69, 9.17) is 19.4 Å². The molecule has 1 saturated carbocycles. The van der Waals surface area contributed by atoms with Crippen molar-refractivity contribution in [2.24, 2.45) is 0 Å². The Morgan fingerprint density at radius 2 is 1.89 bits per heavy atom. The molecular formula is C33H39FN6O5S. The van der Waals surface area contributed by atoms with E-state index in [1.54, 1.807) is 25.7 Å². The van der Waals surface area contributed by atoms with Gasteiger partial charge in [0.1, 0.15) is 34.1 Å². The van der Waals surface area contributed by atoms with E-state index in [9.17, 15) is 14.7 Å². The second-order valence-corrected chi connectivity index (χ2v) is 14.6. The van der Waals surface area contributed by atoms with Crippen LogP contribution in [0, 0.1) is 19.7 Å². The van der Waals surface area contributed by atoms with Gasteiger partial charge in [0.15, 0.2) is 11.0 Å². The van der Waals surface area contributed by atoms with Crippen LogP contribution in [0.15, 0.2) is 11.2 Å². The van der Waals surface area contributed by atoms with E-state index in [1.807, 2.05) is 33.1 Å². The summed E-state index contributed by atoms with van der Waals surface area (Å²) in [5.41, 5.74) is 3.25. The monoisotopic (exact) mass is 650 g/mol. The number of nitrogens with one attached hydrogen (secondary N) is 1.